The topological polar surface area (TPSA) is 0 Å². The molecule has 0 aliphatic rings. The molecule has 8 rings (SSSR count). The first-order valence-electron chi connectivity index (χ1n) is 14.2. The van der Waals surface area contributed by atoms with Crippen molar-refractivity contribution in [1.82, 2.24) is 0 Å². The van der Waals surface area contributed by atoms with Crippen molar-refractivity contribution in [2.45, 2.75) is 13.8 Å². The van der Waals surface area contributed by atoms with Crippen molar-refractivity contribution in [2.24, 2.45) is 0 Å². The summed E-state index contributed by atoms with van der Waals surface area (Å²) in [4.78, 5) is 0. The predicted molar refractivity (Wildman–Crippen MR) is 193 cm³/mol. The van der Waals surface area contributed by atoms with Gasteiger partial charge in [0.2, 0.25) is 0 Å². The minimum absolute atomic E-state index is 0. The Hall–Kier alpha value is -3.27. The SMILES string of the molecule is Cc1[cH-]c2ccccc2c1-c1cccc2ccccc12.Cc1[cH-]c2ccccc2c1-c1cccc2ccccc12.[CH3-].[CH3-].[Cl-].[Cl-].[Si]=[Hf+2]. The summed E-state index contributed by atoms with van der Waals surface area (Å²) in [6.45, 7) is 7.52. The Bertz CT molecular complexity index is 2010. The summed E-state index contributed by atoms with van der Waals surface area (Å²) in [5.74, 6) is 0. The van der Waals surface area contributed by atoms with Crippen LogP contribution in [0.15, 0.2) is 146 Å². The molecular weight excluding hydrogens is 782 g/mol. The molecule has 0 heterocycles. The molecule has 0 saturated heterocycles. The second-order valence-electron chi connectivity index (χ2n) is 10.6. The molecule has 0 aliphatic heterocycles. The van der Waals surface area contributed by atoms with Gasteiger partial charge in [0.1, 0.15) is 0 Å². The van der Waals surface area contributed by atoms with Crippen LogP contribution in [0.3, 0.4) is 0 Å². The number of aryl methyl sites for hydroxylation is 2. The molecule has 46 heavy (non-hydrogen) atoms. The molecule has 0 N–H and O–H groups in total. The zero-order valence-electron chi connectivity index (χ0n) is 26.6. The number of rotatable bonds is 2. The third-order valence-corrected chi connectivity index (χ3v) is 8.11. The standard InChI is InChI=1S/2C20H15.2CH3.2ClH.Hf.Si/c2*1-14-13-16-8-3-5-11-18(16)20(14)19-12-6-9-15-7-2-4-10-17(15)19;;;;;;/h2*2-13H,1H3;2*1H3;2*1H;;/q4*-1;;;+2;/p-2. The Morgan fingerprint density at radius 3 is 1.11 bits per heavy atom. The zero-order valence-corrected chi connectivity index (χ0v) is 32.7. The molecule has 2 radical (unpaired) electrons. The number of hydrogen-bond donors (Lipinski definition) is 0. The van der Waals surface area contributed by atoms with E-state index in [1.807, 2.05) is 0 Å². The molecule has 0 nitrogen and oxygen atoms in total. The summed E-state index contributed by atoms with van der Waals surface area (Å²) in [6, 6.07) is 52.2. The molecule has 0 spiro atoms. The maximum absolute atomic E-state index is 3.11. The van der Waals surface area contributed by atoms with Crippen LogP contribution in [-0.4, -0.2) is 6.94 Å². The Morgan fingerprint density at radius 2 is 0.717 bits per heavy atom. The van der Waals surface area contributed by atoms with Crippen LogP contribution in [0.5, 0.6) is 0 Å². The first-order chi connectivity index (χ1) is 20.7. The van der Waals surface area contributed by atoms with E-state index in [1.54, 1.807) is 0 Å². The van der Waals surface area contributed by atoms with Gasteiger partial charge in [0.05, 0.1) is 0 Å². The third kappa shape index (κ3) is 7.48. The van der Waals surface area contributed by atoms with Gasteiger partial charge in [-0.2, -0.15) is 0 Å². The van der Waals surface area contributed by atoms with E-state index in [0.717, 1.165) is 23.0 Å². The van der Waals surface area contributed by atoms with Gasteiger partial charge in [0, 0.05) is 0 Å². The molecule has 0 atom stereocenters. The zero-order chi connectivity index (χ0) is 29.1. The van der Waals surface area contributed by atoms with Crippen molar-refractivity contribution in [1.29, 1.82) is 0 Å². The van der Waals surface area contributed by atoms with Crippen LogP contribution in [0.4, 0.5) is 0 Å². The van der Waals surface area contributed by atoms with Gasteiger partial charge >= 0.3 is 29.9 Å². The number of hydrogen-bond acceptors (Lipinski definition) is 0. The van der Waals surface area contributed by atoms with Crippen molar-refractivity contribution in [3.8, 4) is 22.3 Å². The molecule has 8 aromatic carbocycles. The summed E-state index contributed by atoms with van der Waals surface area (Å²) < 4.78 is 0. The predicted octanol–water partition coefficient (Wildman–Crippen LogP) is 5.90. The van der Waals surface area contributed by atoms with Gasteiger partial charge in [0.15, 0.2) is 0 Å². The van der Waals surface area contributed by atoms with Gasteiger partial charge in [-0.15, -0.1) is 92.3 Å². The van der Waals surface area contributed by atoms with Crippen LogP contribution in [0.25, 0.3) is 65.3 Å². The summed E-state index contributed by atoms with van der Waals surface area (Å²) in [5.41, 5.74) is 8.11. The van der Waals surface area contributed by atoms with E-state index in [9.17, 15) is 0 Å². The second kappa shape index (κ2) is 17.6. The molecular formula is C42H36Cl2HfSi-4. The second-order valence-corrected chi connectivity index (χ2v) is 10.6. The molecule has 0 bridgehead atoms. The molecule has 4 heteroatoms. The van der Waals surface area contributed by atoms with Crippen molar-refractivity contribution in [2.75, 3.05) is 0 Å². The Kier molecular flexibility index (Phi) is 14.9. The first-order valence-corrected chi connectivity index (χ1v) is 20.1. The Labute approximate surface area is 303 Å². The van der Waals surface area contributed by atoms with Gasteiger partial charge in [-0.25, -0.2) is 0 Å². The van der Waals surface area contributed by atoms with Gasteiger partial charge in [-0.05, 0) is 21.5 Å². The van der Waals surface area contributed by atoms with Crippen molar-refractivity contribution in [3.63, 3.8) is 0 Å². The molecule has 0 fully saturated rings. The molecule has 0 unspecified atom stereocenters. The summed E-state index contributed by atoms with van der Waals surface area (Å²) in [6.07, 6.45) is 0. The van der Waals surface area contributed by atoms with E-state index in [4.69, 9.17) is 0 Å². The van der Waals surface area contributed by atoms with E-state index in [0.29, 0.717) is 0 Å². The fourth-order valence-electron chi connectivity index (χ4n) is 6.34. The van der Waals surface area contributed by atoms with Gasteiger partial charge in [-0.3, -0.25) is 0 Å². The number of halogens is 2. The van der Waals surface area contributed by atoms with E-state index >= 15 is 0 Å². The van der Waals surface area contributed by atoms with Crippen LogP contribution in [0, 0.1) is 28.7 Å². The van der Waals surface area contributed by atoms with E-state index in [2.05, 4.69) is 166 Å². The van der Waals surface area contributed by atoms with Gasteiger partial charge < -0.3 is 39.7 Å². The number of benzene rings is 6. The summed E-state index contributed by atoms with van der Waals surface area (Å²) in [5, 5.41) is 10.6. The fourth-order valence-corrected chi connectivity index (χ4v) is 6.34. The van der Waals surface area contributed by atoms with Gasteiger partial charge in [-0.1, -0.05) is 122 Å². The minimum atomic E-state index is 0. The van der Waals surface area contributed by atoms with Crippen LogP contribution in [0.2, 0.25) is 0 Å². The average molecular weight is 818 g/mol. The normalized spacial score (nSPS) is 9.91. The molecule has 0 aromatic heterocycles. The average Bonchev–Trinajstić information content (AvgIpc) is 3.56. The maximum atomic E-state index is 3.11. The monoisotopic (exact) mass is 818 g/mol. The van der Waals surface area contributed by atoms with Crippen molar-refractivity contribution < 1.29 is 47.8 Å². The molecule has 0 saturated carbocycles. The van der Waals surface area contributed by atoms with Crippen LogP contribution >= 0.6 is 0 Å². The quantitative estimate of drug-likeness (QED) is 0.151. The Morgan fingerprint density at radius 1 is 0.413 bits per heavy atom. The molecule has 0 aliphatic carbocycles. The van der Waals surface area contributed by atoms with Crippen molar-refractivity contribution >= 4 is 50.0 Å². The molecule has 0 amide bonds. The summed E-state index contributed by atoms with van der Waals surface area (Å²) in [7, 11) is 0. The van der Waals surface area contributed by atoms with Gasteiger partial charge in [0.25, 0.3) is 0 Å². The third-order valence-electron chi connectivity index (χ3n) is 8.11. The Balaban J connectivity index is 0.000000281. The van der Waals surface area contributed by atoms with E-state index < -0.39 is 0 Å². The molecule has 8 aromatic rings. The van der Waals surface area contributed by atoms with Crippen molar-refractivity contribution in [3.05, 3.63) is 172 Å². The van der Waals surface area contributed by atoms with E-state index in [1.165, 1.54) is 76.5 Å². The van der Waals surface area contributed by atoms with E-state index in [-0.39, 0.29) is 39.7 Å². The van der Waals surface area contributed by atoms with Crippen LogP contribution < -0.4 is 24.8 Å². The van der Waals surface area contributed by atoms with Crippen LogP contribution in [-0.2, 0) is 23.0 Å². The fraction of sp³-hybridized carbons (Fsp3) is 0.0476. The number of fused-ring (bicyclic) bond motifs is 4. The molecule has 230 valence electrons. The first kappa shape index (κ1) is 38.9. The summed E-state index contributed by atoms with van der Waals surface area (Å²) >= 11 is 1.11. The van der Waals surface area contributed by atoms with Crippen LogP contribution in [0.1, 0.15) is 11.1 Å².